The summed E-state index contributed by atoms with van der Waals surface area (Å²) in [7, 11) is 0. The fourth-order valence-electron chi connectivity index (χ4n) is 2.37. The Morgan fingerprint density at radius 1 is 0.947 bits per heavy atom. The van der Waals surface area contributed by atoms with E-state index in [2.05, 4.69) is 20.8 Å². The molecule has 19 heavy (non-hydrogen) atoms. The molecule has 1 aliphatic rings. The lowest BCUT2D eigenvalue weighted by Crippen LogP contribution is -2.30. The number of rotatable bonds is 4. The molecule has 1 aliphatic heterocycles. The van der Waals surface area contributed by atoms with Crippen molar-refractivity contribution in [2.75, 3.05) is 6.54 Å². The second kappa shape index (κ2) is 5.16. The monoisotopic (exact) mass is 259 g/mol. The topological polar surface area (TPSA) is 37.4 Å². The second-order valence-electron chi connectivity index (χ2n) is 6.33. The lowest BCUT2D eigenvalue weighted by Gasteiger charge is -2.19. The summed E-state index contributed by atoms with van der Waals surface area (Å²) in [5.74, 6) is -0.285. The van der Waals surface area contributed by atoms with Crippen molar-refractivity contribution in [2.45, 2.75) is 40.0 Å². The van der Waals surface area contributed by atoms with Crippen LogP contribution in [0.1, 0.15) is 60.7 Å². The van der Waals surface area contributed by atoms with Crippen LogP contribution in [0.15, 0.2) is 24.3 Å². The Balaban J connectivity index is 1.94. The number of hydrogen-bond acceptors (Lipinski definition) is 2. The molecule has 0 N–H and O–H groups in total. The average molecular weight is 259 g/mol. The maximum absolute atomic E-state index is 12.1. The Bertz CT molecular complexity index is 465. The zero-order valence-electron chi connectivity index (χ0n) is 11.9. The first-order chi connectivity index (χ1) is 8.90. The predicted octanol–water partition coefficient (Wildman–Crippen LogP) is 3.50. The van der Waals surface area contributed by atoms with Crippen molar-refractivity contribution in [1.29, 1.82) is 0 Å². The van der Waals surface area contributed by atoms with Gasteiger partial charge in [0.15, 0.2) is 0 Å². The number of benzene rings is 1. The largest absolute Gasteiger partial charge is 0.274 e. The number of amides is 2. The Labute approximate surface area is 114 Å². The first-order valence-electron chi connectivity index (χ1n) is 6.85. The molecule has 0 aliphatic carbocycles. The van der Waals surface area contributed by atoms with Crippen LogP contribution in [0, 0.1) is 5.41 Å². The van der Waals surface area contributed by atoms with E-state index in [9.17, 15) is 9.59 Å². The fourth-order valence-corrected chi connectivity index (χ4v) is 2.37. The number of fused-ring (bicyclic) bond motifs is 1. The molecule has 0 atom stereocenters. The number of imide groups is 1. The van der Waals surface area contributed by atoms with Gasteiger partial charge in [0, 0.05) is 6.54 Å². The van der Waals surface area contributed by atoms with E-state index >= 15 is 0 Å². The van der Waals surface area contributed by atoms with E-state index in [1.54, 1.807) is 24.3 Å². The molecule has 0 spiro atoms. The molecule has 1 aromatic rings. The van der Waals surface area contributed by atoms with E-state index in [1.807, 2.05) is 0 Å². The lowest BCUT2D eigenvalue weighted by molar-refractivity contribution is 0.0650. The fraction of sp³-hybridized carbons (Fsp3) is 0.500. The van der Waals surface area contributed by atoms with Crippen LogP contribution in [-0.4, -0.2) is 23.3 Å². The van der Waals surface area contributed by atoms with Crippen LogP contribution in [0.2, 0.25) is 0 Å². The van der Waals surface area contributed by atoms with Gasteiger partial charge in [-0.05, 0) is 30.4 Å². The maximum Gasteiger partial charge on any atom is 0.261 e. The standard InChI is InChI=1S/C16H21NO2/c1-16(2,3)10-6-7-11-17-14(18)12-8-4-5-9-13(12)15(17)19/h4-5,8-9H,6-7,10-11H2,1-3H3. The minimum absolute atomic E-state index is 0.142. The number of unbranched alkanes of at least 4 members (excludes halogenated alkanes) is 1. The number of nitrogens with zero attached hydrogens (tertiary/aromatic N) is 1. The summed E-state index contributed by atoms with van der Waals surface area (Å²) < 4.78 is 0. The van der Waals surface area contributed by atoms with Crippen LogP contribution in [0.5, 0.6) is 0 Å². The predicted molar refractivity (Wildman–Crippen MR) is 75.1 cm³/mol. The first kappa shape index (κ1) is 13.8. The van der Waals surface area contributed by atoms with Gasteiger partial charge in [-0.1, -0.05) is 39.3 Å². The van der Waals surface area contributed by atoms with Crippen LogP contribution in [-0.2, 0) is 0 Å². The molecule has 0 saturated carbocycles. The smallest absolute Gasteiger partial charge is 0.261 e. The molecule has 0 bridgehead atoms. The normalized spacial score (nSPS) is 15.0. The number of carbonyl (C=O) groups is 2. The summed E-state index contributed by atoms with van der Waals surface area (Å²) in [6.07, 6.45) is 3.02. The van der Waals surface area contributed by atoms with Crippen LogP contribution in [0.25, 0.3) is 0 Å². The average Bonchev–Trinajstić information content (AvgIpc) is 2.58. The van der Waals surface area contributed by atoms with Crippen molar-refractivity contribution in [3.63, 3.8) is 0 Å². The van der Waals surface area contributed by atoms with Gasteiger partial charge in [0.2, 0.25) is 0 Å². The summed E-state index contributed by atoms with van der Waals surface area (Å²) >= 11 is 0. The highest BCUT2D eigenvalue weighted by atomic mass is 16.2. The molecule has 1 heterocycles. The lowest BCUT2D eigenvalue weighted by atomic mass is 9.90. The van der Waals surface area contributed by atoms with Gasteiger partial charge in [-0.25, -0.2) is 0 Å². The van der Waals surface area contributed by atoms with Crippen LogP contribution >= 0.6 is 0 Å². The van der Waals surface area contributed by atoms with Gasteiger partial charge >= 0.3 is 0 Å². The van der Waals surface area contributed by atoms with Crippen LogP contribution in [0.4, 0.5) is 0 Å². The highest BCUT2D eigenvalue weighted by Crippen LogP contribution is 2.24. The van der Waals surface area contributed by atoms with Gasteiger partial charge in [0.1, 0.15) is 0 Å². The Morgan fingerprint density at radius 2 is 1.47 bits per heavy atom. The molecule has 3 heteroatoms. The van der Waals surface area contributed by atoms with Gasteiger partial charge < -0.3 is 0 Å². The van der Waals surface area contributed by atoms with Crippen molar-refractivity contribution in [1.82, 2.24) is 4.90 Å². The maximum atomic E-state index is 12.1. The summed E-state index contributed by atoms with van der Waals surface area (Å²) in [6, 6.07) is 7.05. The quantitative estimate of drug-likeness (QED) is 0.613. The van der Waals surface area contributed by atoms with Crippen molar-refractivity contribution in [3.8, 4) is 0 Å². The summed E-state index contributed by atoms with van der Waals surface area (Å²) in [6.45, 7) is 7.14. The molecular formula is C16H21NO2. The van der Waals surface area contributed by atoms with Gasteiger partial charge in [0.25, 0.3) is 11.8 Å². The molecule has 0 saturated heterocycles. The third-order valence-corrected chi connectivity index (χ3v) is 3.44. The highest BCUT2D eigenvalue weighted by molar-refractivity contribution is 6.21. The molecule has 0 fully saturated rings. The van der Waals surface area contributed by atoms with E-state index in [-0.39, 0.29) is 11.8 Å². The van der Waals surface area contributed by atoms with E-state index < -0.39 is 0 Å². The molecule has 1 aromatic carbocycles. The second-order valence-corrected chi connectivity index (χ2v) is 6.33. The zero-order chi connectivity index (χ0) is 14.0. The van der Waals surface area contributed by atoms with E-state index in [0.717, 1.165) is 19.3 Å². The minimum atomic E-state index is -0.142. The summed E-state index contributed by atoms with van der Waals surface area (Å²) in [5, 5.41) is 0. The number of carbonyl (C=O) groups excluding carboxylic acids is 2. The molecule has 2 amide bonds. The highest BCUT2D eigenvalue weighted by Gasteiger charge is 2.34. The summed E-state index contributed by atoms with van der Waals surface area (Å²) in [4.78, 5) is 25.6. The first-order valence-corrected chi connectivity index (χ1v) is 6.85. The third kappa shape index (κ3) is 3.03. The third-order valence-electron chi connectivity index (χ3n) is 3.44. The van der Waals surface area contributed by atoms with E-state index in [1.165, 1.54) is 4.90 Å². The van der Waals surface area contributed by atoms with Crippen molar-refractivity contribution in [3.05, 3.63) is 35.4 Å². The van der Waals surface area contributed by atoms with Gasteiger partial charge in [-0.2, -0.15) is 0 Å². The Hall–Kier alpha value is -1.64. The Kier molecular flexibility index (Phi) is 3.74. The molecule has 0 unspecified atom stereocenters. The molecule has 0 radical (unpaired) electrons. The van der Waals surface area contributed by atoms with Crippen molar-refractivity contribution >= 4 is 11.8 Å². The number of hydrogen-bond donors (Lipinski definition) is 0. The summed E-state index contributed by atoms with van der Waals surface area (Å²) in [5.41, 5.74) is 1.40. The zero-order valence-corrected chi connectivity index (χ0v) is 11.9. The van der Waals surface area contributed by atoms with Gasteiger partial charge in [-0.15, -0.1) is 0 Å². The van der Waals surface area contributed by atoms with Crippen molar-refractivity contribution in [2.24, 2.45) is 5.41 Å². The van der Waals surface area contributed by atoms with Gasteiger partial charge in [0.05, 0.1) is 11.1 Å². The molecule has 0 aromatic heterocycles. The minimum Gasteiger partial charge on any atom is -0.274 e. The van der Waals surface area contributed by atoms with Crippen LogP contribution < -0.4 is 0 Å². The van der Waals surface area contributed by atoms with E-state index in [4.69, 9.17) is 0 Å². The van der Waals surface area contributed by atoms with Crippen LogP contribution in [0.3, 0.4) is 0 Å². The molecule has 2 rings (SSSR count). The molecule has 102 valence electrons. The Morgan fingerprint density at radius 3 is 1.95 bits per heavy atom. The molecular weight excluding hydrogens is 238 g/mol. The van der Waals surface area contributed by atoms with Crippen molar-refractivity contribution < 1.29 is 9.59 Å². The van der Waals surface area contributed by atoms with Gasteiger partial charge in [-0.3, -0.25) is 14.5 Å². The van der Waals surface area contributed by atoms with E-state index in [0.29, 0.717) is 23.1 Å². The SMILES string of the molecule is CC(C)(C)CCCCN1C(=O)c2ccccc2C1=O. The molecule has 3 nitrogen and oxygen atoms in total.